The van der Waals surface area contributed by atoms with E-state index in [4.69, 9.17) is 0 Å². The molecule has 1 unspecified atom stereocenters. The van der Waals surface area contributed by atoms with E-state index in [0.29, 0.717) is 0 Å². The minimum absolute atomic E-state index is 0.0135. The molecule has 0 aromatic heterocycles. The van der Waals surface area contributed by atoms with Gasteiger partial charge in [-0.05, 0) is 13.3 Å². The molecular formula is C7H12F3NO2S. The van der Waals surface area contributed by atoms with Crippen LogP contribution in [0.3, 0.4) is 0 Å². The Morgan fingerprint density at radius 3 is 2.36 bits per heavy atom. The highest BCUT2D eigenvalue weighted by atomic mass is 32.2. The number of hydrogen-bond donors (Lipinski definition) is 0. The molecule has 1 rings (SSSR count). The third-order valence-electron chi connectivity index (χ3n) is 2.37. The molecule has 0 saturated carbocycles. The average molecular weight is 231 g/mol. The van der Waals surface area contributed by atoms with Crippen molar-refractivity contribution >= 4 is 10.0 Å². The van der Waals surface area contributed by atoms with E-state index in [1.165, 1.54) is 6.92 Å². The molecule has 1 atom stereocenters. The number of halogens is 3. The van der Waals surface area contributed by atoms with Crippen molar-refractivity contribution in [1.29, 1.82) is 0 Å². The number of alkyl halides is 3. The largest absolute Gasteiger partial charge is 0.393 e. The van der Waals surface area contributed by atoms with Crippen molar-refractivity contribution in [1.82, 2.24) is 4.31 Å². The maximum absolute atomic E-state index is 12.2. The first kappa shape index (κ1) is 11.8. The second kappa shape index (κ2) is 3.69. The van der Waals surface area contributed by atoms with E-state index in [9.17, 15) is 21.6 Å². The van der Waals surface area contributed by atoms with Crippen molar-refractivity contribution in [3.63, 3.8) is 0 Å². The Hall–Kier alpha value is -0.300. The first-order valence-electron chi connectivity index (χ1n) is 4.32. The molecule has 14 heavy (non-hydrogen) atoms. The van der Waals surface area contributed by atoms with Crippen LogP contribution in [-0.4, -0.2) is 37.7 Å². The van der Waals surface area contributed by atoms with Gasteiger partial charge in [0.1, 0.15) is 0 Å². The van der Waals surface area contributed by atoms with E-state index in [0.717, 1.165) is 4.31 Å². The van der Waals surface area contributed by atoms with Crippen molar-refractivity contribution in [2.24, 2.45) is 5.92 Å². The molecule has 0 aromatic rings. The second-order valence-corrected chi connectivity index (χ2v) is 5.54. The lowest BCUT2D eigenvalue weighted by atomic mass is 10.1. The van der Waals surface area contributed by atoms with Crippen LogP contribution in [0.15, 0.2) is 0 Å². The van der Waals surface area contributed by atoms with E-state index in [1.807, 2.05) is 0 Å². The third kappa shape index (κ3) is 2.38. The van der Waals surface area contributed by atoms with Crippen LogP contribution in [-0.2, 0) is 10.0 Å². The molecule has 1 fully saturated rings. The van der Waals surface area contributed by atoms with Gasteiger partial charge in [0.15, 0.2) is 0 Å². The van der Waals surface area contributed by atoms with E-state index in [-0.39, 0.29) is 18.7 Å². The fraction of sp³-hybridized carbons (Fsp3) is 1.00. The predicted octanol–water partition coefficient (Wildman–Crippen LogP) is 1.22. The first-order chi connectivity index (χ1) is 6.27. The lowest BCUT2D eigenvalue weighted by Crippen LogP contribution is -2.32. The molecule has 1 aliphatic heterocycles. The van der Waals surface area contributed by atoms with Gasteiger partial charge in [0.2, 0.25) is 10.0 Å². The van der Waals surface area contributed by atoms with Crippen LogP contribution in [0.1, 0.15) is 13.3 Å². The minimum Gasteiger partial charge on any atom is -0.212 e. The predicted molar refractivity (Wildman–Crippen MR) is 45.2 cm³/mol. The van der Waals surface area contributed by atoms with Gasteiger partial charge in [0.25, 0.3) is 0 Å². The summed E-state index contributed by atoms with van der Waals surface area (Å²) in [4.78, 5) is 0. The zero-order valence-corrected chi connectivity index (χ0v) is 8.53. The van der Waals surface area contributed by atoms with Crippen LogP contribution in [0.5, 0.6) is 0 Å². The molecule has 1 aliphatic rings. The normalized spacial score (nSPS) is 25.6. The molecule has 7 heteroatoms. The Balaban J connectivity index is 2.67. The smallest absolute Gasteiger partial charge is 0.212 e. The monoisotopic (exact) mass is 231 g/mol. The highest BCUT2D eigenvalue weighted by molar-refractivity contribution is 7.89. The van der Waals surface area contributed by atoms with Gasteiger partial charge in [-0.1, -0.05) is 0 Å². The molecule has 1 saturated heterocycles. The quantitative estimate of drug-likeness (QED) is 0.716. The van der Waals surface area contributed by atoms with Gasteiger partial charge in [-0.15, -0.1) is 0 Å². The van der Waals surface area contributed by atoms with Gasteiger partial charge in [-0.25, -0.2) is 12.7 Å². The summed E-state index contributed by atoms with van der Waals surface area (Å²) in [6.45, 7) is 0.996. The summed E-state index contributed by atoms with van der Waals surface area (Å²) in [5.74, 6) is -1.64. The van der Waals surface area contributed by atoms with Crippen LogP contribution in [0.2, 0.25) is 0 Å². The lowest BCUT2D eigenvalue weighted by molar-refractivity contribution is -0.169. The second-order valence-electron chi connectivity index (χ2n) is 3.29. The van der Waals surface area contributed by atoms with Gasteiger partial charge in [-0.3, -0.25) is 0 Å². The molecule has 0 amide bonds. The molecule has 1 heterocycles. The summed E-state index contributed by atoms with van der Waals surface area (Å²) >= 11 is 0. The summed E-state index contributed by atoms with van der Waals surface area (Å²) in [7, 11) is -3.46. The van der Waals surface area contributed by atoms with Crippen molar-refractivity contribution in [2.45, 2.75) is 19.5 Å². The fourth-order valence-electron chi connectivity index (χ4n) is 1.43. The van der Waals surface area contributed by atoms with Crippen LogP contribution >= 0.6 is 0 Å². The first-order valence-corrected chi connectivity index (χ1v) is 5.93. The molecule has 0 radical (unpaired) electrons. The highest BCUT2D eigenvalue weighted by Crippen LogP contribution is 2.34. The summed E-state index contributed by atoms with van der Waals surface area (Å²) in [5.41, 5.74) is 0. The number of hydrogen-bond acceptors (Lipinski definition) is 2. The molecule has 0 N–H and O–H groups in total. The minimum atomic E-state index is -4.28. The Morgan fingerprint density at radius 1 is 1.43 bits per heavy atom. The average Bonchev–Trinajstić information content (AvgIpc) is 2.51. The Morgan fingerprint density at radius 2 is 2.00 bits per heavy atom. The SMILES string of the molecule is CCS(=O)(=O)N1CCC(C(F)(F)F)C1. The number of sulfonamides is 1. The molecule has 3 nitrogen and oxygen atoms in total. The summed E-state index contributed by atoms with van der Waals surface area (Å²) in [6, 6.07) is 0. The van der Waals surface area contributed by atoms with Gasteiger partial charge in [0.05, 0.1) is 11.7 Å². The van der Waals surface area contributed by atoms with Crippen molar-refractivity contribution < 1.29 is 21.6 Å². The Labute approximate surface area is 80.9 Å². The van der Waals surface area contributed by atoms with E-state index in [1.54, 1.807) is 0 Å². The van der Waals surface area contributed by atoms with Gasteiger partial charge < -0.3 is 0 Å². The summed E-state index contributed by atoms with van der Waals surface area (Å²) in [5, 5.41) is 0. The summed E-state index contributed by atoms with van der Waals surface area (Å²) in [6.07, 6.45) is -4.40. The fourth-order valence-corrected chi connectivity index (χ4v) is 2.59. The van der Waals surface area contributed by atoms with Crippen LogP contribution < -0.4 is 0 Å². The van der Waals surface area contributed by atoms with Crippen LogP contribution in [0.4, 0.5) is 13.2 Å². The van der Waals surface area contributed by atoms with Crippen molar-refractivity contribution in [2.75, 3.05) is 18.8 Å². The molecule has 0 bridgehead atoms. The molecule has 84 valence electrons. The standard InChI is InChI=1S/C7H12F3NO2S/c1-2-14(12,13)11-4-3-6(5-11)7(8,9)10/h6H,2-5H2,1H3. The maximum atomic E-state index is 12.2. The maximum Gasteiger partial charge on any atom is 0.393 e. The Bertz CT molecular complexity index is 299. The third-order valence-corrected chi connectivity index (χ3v) is 4.22. The van der Waals surface area contributed by atoms with E-state index < -0.39 is 28.7 Å². The zero-order valence-electron chi connectivity index (χ0n) is 7.71. The molecule has 0 aliphatic carbocycles. The van der Waals surface area contributed by atoms with Gasteiger partial charge >= 0.3 is 6.18 Å². The van der Waals surface area contributed by atoms with Gasteiger partial charge in [-0.2, -0.15) is 13.2 Å². The lowest BCUT2D eigenvalue weighted by Gasteiger charge is -2.16. The highest BCUT2D eigenvalue weighted by Gasteiger charge is 2.45. The number of rotatable bonds is 2. The van der Waals surface area contributed by atoms with Gasteiger partial charge in [0, 0.05) is 13.1 Å². The van der Waals surface area contributed by atoms with Crippen LogP contribution in [0, 0.1) is 5.92 Å². The Kier molecular flexibility index (Phi) is 3.10. The molecule has 0 aromatic carbocycles. The van der Waals surface area contributed by atoms with E-state index >= 15 is 0 Å². The molecule has 0 spiro atoms. The van der Waals surface area contributed by atoms with Crippen LogP contribution in [0.25, 0.3) is 0 Å². The molecular weight excluding hydrogens is 219 g/mol. The van der Waals surface area contributed by atoms with E-state index in [2.05, 4.69) is 0 Å². The number of nitrogens with zero attached hydrogens (tertiary/aromatic N) is 1. The van der Waals surface area contributed by atoms with Crippen molar-refractivity contribution in [3.05, 3.63) is 0 Å². The zero-order chi connectivity index (χ0) is 11.0. The van der Waals surface area contributed by atoms with Crippen molar-refractivity contribution in [3.8, 4) is 0 Å². The summed E-state index contributed by atoms with van der Waals surface area (Å²) < 4.78 is 60.0. The topological polar surface area (TPSA) is 37.4 Å².